The first-order chi connectivity index (χ1) is 10.0. The monoisotopic (exact) mass is 308 g/mol. The van der Waals surface area contributed by atoms with Crippen molar-refractivity contribution in [1.82, 2.24) is 0 Å². The summed E-state index contributed by atoms with van der Waals surface area (Å²) in [5.74, 6) is -0.391. The number of aliphatic hydroxyl groups is 2. The van der Waals surface area contributed by atoms with Crippen LogP contribution in [0.2, 0.25) is 5.02 Å². The van der Waals surface area contributed by atoms with Crippen LogP contribution in [0.4, 0.5) is 4.39 Å². The van der Waals surface area contributed by atoms with Crippen molar-refractivity contribution in [2.75, 3.05) is 13.2 Å². The van der Waals surface area contributed by atoms with E-state index >= 15 is 0 Å². The van der Waals surface area contributed by atoms with Crippen LogP contribution in [0.25, 0.3) is 0 Å². The van der Waals surface area contributed by atoms with Crippen LogP contribution in [0, 0.1) is 12.7 Å². The highest BCUT2D eigenvalue weighted by Crippen LogP contribution is 2.30. The van der Waals surface area contributed by atoms with Crippen LogP contribution >= 0.6 is 11.6 Å². The molecule has 2 aromatic rings. The maximum Gasteiger partial charge on any atom is 0.126 e. The second kappa shape index (κ2) is 6.56. The van der Waals surface area contributed by atoms with Gasteiger partial charge in [0.25, 0.3) is 0 Å². The van der Waals surface area contributed by atoms with Gasteiger partial charge in [-0.1, -0.05) is 41.4 Å². The molecule has 0 aromatic heterocycles. The number of halogens is 2. The predicted octanol–water partition coefficient (Wildman–Crippen LogP) is 3.25. The van der Waals surface area contributed by atoms with Crippen LogP contribution in [0.3, 0.4) is 0 Å². The van der Waals surface area contributed by atoms with E-state index in [1.165, 1.54) is 18.2 Å². The number of rotatable bonds is 5. The van der Waals surface area contributed by atoms with Crippen molar-refractivity contribution < 1.29 is 14.6 Å². The molecular formula is C17H18ClFO2. The molecule has 2 nitrogen and oxygen atoms in total. The van der Waals surface area contributed by atoms with Crippen molar-refractivity contribution in [3.8, 4) is 0 Å². The van der Waals surface area contributed by atoms with E-state index in [-0.39, 0.29) is 19.6 Å². The fraction of sp³-hybridized carbons (Fsp3) is 0.294. The van der Waals surface area contributed by atoms with Gasteiger partial charge >= 0.3 is 0 Å². The summed E-state index contributed by atoms with van der Waals surface area (Å²) in [6, 6.07) is 11.8. The number of hydrogen-bond donors (Lipinski definition) is 2. The molecule has 0 aliphatic carbocycles. The first kappa shape index (κ1) is 16.0. The molecule has 112 valence electrons. The van der Waals surface area contributed by atoms with E-state index in [1.807, 2.05) is 31.2 Å². The molecule has 0 radical (unpaired) electrons. The van der Waals surface area contributed by atoms with Crippen molar-refractivity contribution in [3.05, 3.63) is 70.0 Å². The zero-order valence-electron chi connectivity index (χ0n) is 11.8. The summed E-state index contributed by atoms with van der Waals surface area (Å²) < 4.78 is 13.9. The third-order valence-corrected chi connectivity index (χ3v) is 4.04. The quantitative estimate of drug-likeness (QED) is 0.890. The van der Waals surface area contributed by atoms with Gasteiger partial charge in [-0.3, -0.25) is 0 Å². The summed E-state index contributed by atoms with van der Waals surface area (Å²) in [5, 5.41) is 20.0. The molecular weight excluding hydrogens is 291 g/mol. The lowest BCUT2D eigenvalue weighted by atomic mass is 9.76. The van der Waals surface area contributed by atoms with Crippen LogP contribution in [-0.2, 0) is 11.8 Å². The van der Waals surface area contributed by atoms with E-state index in [2.05, 4.69) is 0 Å². The number of hydrogen-bond acceptors (Lipinski definition) is 2. The SMILES string of the molecule is Cc1ccc(C(CO)(CO)Cc2cc(Cl)ccc2F)cc1. The van der Waals surface area contributed by atoms with Gasteiger partial charge in [-0.15, -0.1) is 0 Å². The van der Waals surface area contributed by atoms with E-state index in [1.54, 1.807) is 0 Å². The average Bonchev–Trinajstić information content (AvgIpc) is 2.49. The van der Waals surface area contributed by atoms with Crippen molar-refractivity contribution in [1.29, 1.82) is 0 Å². The van der Waals surface area contributed by atoms with Crippen molar-refractivity contribution in [2.45, 2.75) is 18.8 Å². The van der Waals surface area contributed by atoms with Gasteiger partial charge in [0.2, 0.25) is 0 Å². The summed E-state index contributed by atoms with van der Waals surface area (Å²) in [5.41, 5.74) is 1.31. The zero-order chi connectivity index (χ0) is 15.5. The Kier molecular flexibility index (Phi) is 4.99. The first-order valence-electron chi connectivity index (χ1n) is 6.73. The summed E-state index contributed by atoms with van der Waals surface area (Å²) in [7, 11) is 0. The molecule has 0 heterocycles. The lowest BCUT2D eigenvalue weighted by Gasteiger charge is -2.31. The van der Waals surface area contributed by atoms with E-state index in [9.17, 15) is 14.6 Å². The second-order valence-corrected chi connectivity index (χ2v) is 5.81. The third kappa shape index (κ3) is 3.43. The summed E-state index contributed by atoms with van der Waals surface area (Å²) >= 11 is 5.91. The van der Waals surface area contributed by atoms with E-state index in [0.717, 1.165) is 11.1 Å². The Bertz CT molecular complexity index is 607. The average molecular weight is 309 g/mol. The van der Waals surface area contributed by atoms with Gasteiger partial charge in [-0.05, 0) is 42.7 Å². The molecule has 0 saturated carbocycles. The van der Waals surface area contributed by atoms with Crippen molar-refractivity contribution in [2.24, 2.45) is 0 Å². The van der Waals surface area contributed by atoms with Gasteiger partial charge in [0, 0.05) is 10.4 Å². The molecule has 0 bridgehead atoms. The number of aliphatic hydroxyl groups excluding tert-OH is 2. The fourth-order valence-corrected chi connectivity index (χ4v) is 2.59. The minimum absolute atomic E-state index is 0.176. The van der Waals surface area contributed by atoms with Crippen molar-refractivity contribution in [3.63, 3.8) is 0 Å². The zero-order valence-corrected chi connectivity index (χ0v) is 12.6. The Morgan fingerprint density at radius 3 is 2.24 bits per heavy atom. The van der Waals surface area contributed by atoms with Crippen LogP contribution in [0.15, 0.2) is 42.5 Å². The Morgan fingerprint density at radius 2 is 1.67 bits per heavy atom. The molecule has 2 aromatic carbocycles. The second-order valence-electron chi connectivity index (χ2n) is 5.38. The Labute approximate surface area is 128 Å². The largest absolute Gasteiger partial charge is 0.395 e. The Balaban J connectivity index is 2.42. The maximum absolute atomic E-state index is 13.9. The highest BCUT2D eigenvalue weighted by atomic mass is 35.5. The highest BCUT2D eigenvalue weighted by Gasteiger charge is 2.32. The van der Waals surface area contributed by atoms with Crippen LogP contribution < -0.4 is 0 Å². The molecule has 2 N–H and O–H groups in total. The molecule has 0 amide bonds. The van der Waals surface area contributed by atoms with E-state index in [4.69, 9.17) is 11.6 Å². The molecule has 0 atom stereocenters. The molecule has 0 unspecified atom stereocenters. The number of benzene rings is 2. The molecule has 4 heteroatoms. The lowest BCUT2D eigenvalue weighted by Crippen LogP contribution is -2.37. The van der Waals surface area contributed by atoms with Gasteiger partial charge in [0.05, 0.1) is 13.2 Å². The normalized spacial score (nSPS) is 11.7. The van der Waals surface area contributed by atoms with Crippen molar-refractivity contribution >= 4 is 11.6 Å². The van der Waals surface area contributed by atoms with Gasteiger partial charge in [-0.2, -0.15) is 0 Å². The maximum atomic E-state index is 13.9. The summed E-state index contributed by atoms with van der Waals surface area (Å²) in [4.78, 5) is 0. The predicted molar refractivity (Wildman–Crippen MR) is 82.1 cm³/mol. The highest BCUT2D eigenvalue weighted by molar-refractivity contribution is 6.30. The molecule has 0 aliphatic rings. The van der Waals surface area contributed by atoms with E-state index < -0.39 is 11.2 Å². The summed E-state index contributed by atoms with van der Waals surface area (Å²) in [6.45, 7) is 1.40. The third-order valence-electron chi connectivity index (χ3n) is 3.81. The van der Waals surface area contributed by atoms with E-state index in [0.29, 0.717) is 10.6 Å². The smallest absolute Gasteiger partial charge is 0.126 e. The molecule has 2 rings (SSSR count). The van der Waals surface area contributed by atoms with Gasteiger partial charge in [0.15, 0.2) is 0 Å². The molecule has 0 aliphatic heterocycles. The van der Waals surface area contributed by atoms with Gasteiger partial charge in [-0.25, -0.2) is 4.39 Å². The number of aryl methyl sites for hydroxylation is 1. The lowest BCUT2D eigenvalue weighted by molar-refractivity contribution is 0.115. The molecule has 21 heavy (non-hydrogen) atoms. The standard InChI is InChI=1S/C17H18ClFO2/c1-12-2-4-14(5-3-12)17(10-20,11-21)9-13-8-15(18)6-7-16(13)19/h2-8,20-21H,9-11H2,1H3. The molecule has 0 saturated heterocycles. The van der Waals surface area contributed by atoms with Crippen LogP contribution in [0.1, 0.15) is 16.7 Å². The van der Waals surface area contributed by atoms with Gasteiger partial charge < -0.3 is 10.2 Å². The Morgan fingerprint density at radius 1 is 1.05 bits per heavy atom. The van der Waals surface area contributed by atoms with Crippen LogP contribution in [-0.4, -0.2) is 23.4 Å². The topological polar surface area (TPSA) is 40.5 Å². The molecule has 0 spiro atoms. The minimum Gasteiger partial charge on any atom is -0.395 e. The first-order valence-corrected chi connectivity index (χ1v) is 7.11. The minimum atomic E-state index is -0.931. The molecule has 0 fully saturated rings. The Hall–Kier alpha value is -1.42. The van der Waals surface area contributed by atoms with Crippen LogP contribution in [0.5, 0.6) is 0 Å². The summed E-state index contributed by atoms with van der Waals surface area (Å²) in [6.07, 6.45) is 0.176. The fourth-order valence-electron chi connectivity index (χ4n) is 2.40. The van der Waals surface area contributed by atoms with Gasteiger partial charge in [0.1, 0.15) is 5.82 Å².